The van der Waals surface area contributed by atoms with Gasteiger partial charge in [-0.15, -0.1) is 0 Å². The maximum Gasteiger partial charge on any atom is 0.338 e. The minimum absolute atomic E-state index is 0.0648. The molecule has 1 amide bonds. The number of amides is 1. The maximum absolute atomic E-state index is 15.8. The van der Waals surface area contributed by atoms with Crippen LogP contribution in [0, 0.1) is 0 Å². The van der Waals surface area contributed by atoms with E-state index >= 15 is 4.39 Å². The van der Waals surface area contributed by atoms with Gasteiger partial charge in [0.2, 0.25) is 5.67 Å². The van der Waals surface area contributed by atoms with Crippen molar-refractivity contribution in [2.24, 2.45) is 0 Å². The Morgan fingerprint density at radius 3 is 2.59 bits per heavy atom. The summed E-state index contributed by atoms with van der Waals surface area (Å²) in [7, 11) is 0. The molecule has 164 valence electrons. The molecule has 2 N–H and O–H groups in total. The van der Waals surface area contributed by atoms with Gasteiger partial charge in [-0.2, -0.15) is 5.10 Å². The summed E-state index contributed by atoms with van der Waals surface area (Å²) in [5, 5.41) is 10.2. The van der Waals surface area contributed by atoms with Gasteiger partial charge in [-0.1, -0.05) is 45.1 Å². The highest BCUT2D eigenvalue weighted by atomic mass is 19.1. The fourth-order valence-electron chi connectivity index (χ4n) is 3.46. The van der Waals surface area contributed by atoms with E-state index in [2.05, 4.69) is 36.3 Å². The number of aromatic amines is 1. The summed E-state index contributed by atoms with van der Waals surface area (Å²) >= 11 is 0. The van der Waals surface area contributed by atoms with Crippen LogP contribution in [0.3, 0.4) is 0 Å². The third-order valence-corrected chi connectivity index (χ3v) is 5.42. The van der Waals surface area contributed by atoms with Crippen molar-refractivity contribution in [1.82, 2.24) is 10.2 Å². The second-order valence-electron chi connectivity index (χ2n) is 8.79. The molecule has 0 spiro atoms. The van der Waals surface area contributed by atoms with Crippen LogP contribution in [0.5, 0.6) is 0 Å². The number of rotatable bonds is 4. The lowest BCUT2D eigenvalue weighted by Crippen LogP contribution is -2.49. The third-order valence-electron chi connectivity index (χ3n) is 5.42. The van der Waals surface area contributed by atoms with Crippen LogP contribution in [0.2, 0.25) is 0 Å². The highest BCUT2D eigenvalue weighted by Crippen LogP contribution is 2.29. The van der Waals surface area contributed by atoms with E-state index in [4.69, 9.17) is 4.74 Å². The third kappa shape index (κ3) is 4.19. The highest BCUT2D eigenvalue weighted by molar-refractivity contribution is 6.01. The number of fused-ring (bicyclic) bond motifs is 1. The molecule has 32 heavy (non-hydrogen) atoms. The van der Waals surface area contributed by atoms with E-state index in [0.717, 1.165) is 17.0 Å². The fourth-order valence-corrected chi connectivity index (χ4v) is 3.46. The minimum atomic E-state index is -2.56. The molecule has 0 radical (unpaired) electrons. The lowest BCUT2D eigenvalue weighted by Gasteiger charge is -2.29. The van der Waals surface area contributed by atoms with Gasteiger partial charge in [0.25, 0.3) is 5.91 Å². The predicted molar refractivity (Wildman–Crippen MR) is 121 cm³/mol. The lowest BCUT2D eigenvalue weighted by atomic mass is 9.87. The van der Waals surface area contributed by atoms with Gasteiger partial charge in [0.15, 0.2) is 6.10 Å². The van der Waals surface area contributed by atoms with E-state index in [-0.39, 0.29) is 11.0 Å². The molecule has 6 nitrogen and oxygen atoms in total. The van der Waals surface area contributed by atoms with E-state index in [0.29, 0.717) is 11.2 Å². The van der Waals surface area contributed by atoms with Crippen LogP contribution >= 0.6 is 0 Å². The molecule has 3 aromatic rings. The molecular formula is C25H24FN3O3. The Morgan fingerprint density at radius 2 is 1.88 bits per heavy atom. The van der Waals surface area contributed by atoms with E-state index in [1.54, 1.807) is 42.6 Å². The number of carbonyl (C=O) groups excluding carboxylic acids is 2. The first-order valence-corrected chi connectivity index (χ1v) is 10.3. The molecule has 0 saturated heterocycles. The molecule has 0 saturated carbocycles. The zero-order chi connectivity index (χ0) is 22.9. The number of allylic oxidation sites excluding steroid dienone is 2. The summed E-state index contributed by atoms with van der Waals surface area (Å²) in [5.74, 6) is -1.64. The van der Waals surface area contributed by atoms with Gasteiger partial charge in [-0.05, 0) is 53.5 Å². The largest absolute Gasteiger partial charge is 0.450 e. The van der Waals surface area contributed by atoms with Crippen LogP contribution in [0.4, 0.5) is 10.1 Å². The zero-order valence-corrected chi connectivity index (χ0v) is 18.1. The molecule has 1 aromatic heterocycles. The Bertz CT molecular complexity index is 1220. The number of nitrogens with one attached hydrogen (secondary N) is 2. The number of ether oxygens (including phenoxy) is 1. The average Bonchev–Trinajstić information content (AvgIpc) is 3.22. The summed E-state index contributed by atoms with van der Waals surface area (Å²) in [6.45, 7) is 6.21. The van der Waals surface area contributed by atoms with Gasteiger partial charge < -0.3 is 10.1 Å². The fraction of sp³-hybridized carbons (Fsp3) is 0.240. The standard InChI is InChI=1S/C25H24FN3O3/c1-24(2,3)18-10-7-16(8-11-18)22(30)32-21-6-4-5-13-25(21,26)23(31)28-19-12-9-17-15-27-29-20(17)14-19/h4-15,21H,1-3H3,(H,27,29)(H,28,31). The number of benzene rings is 2. The number of esters is 1. The lowest BCUT2D eigenvalue weighted by molar-refractivity contribution is -0.129. The Morgan fingerprint density at radius 1 is 1.12 bits per heavy atom. The number of hydrogen-bond donors (Lipinski definition) is 2. The molecule has 2 aromatic carbocycles. The maximum atomic E-state index is 15.8. The summed E-state index contributed by atoms with van der Waals surface area (Å²) in [6, 6.07) is 12.0. The molecule has 0 fully saturated rings. The first-order chi connectivity index (χ1) is 15.2. The number of hydrogen-bond acceptors (Lipinski definition) is 4. The summed E-state index contributed by atoms with van der Waals surface area (Å²) in [4.78, 5) is 25.5. The van der Waals surface area contributed by atoms with Crippen LogP contribution in [-0.2, 0) is 14.9 Å². The number of carbonyl (C=O) groups is 2. The quantitative estimate of drug-likeness (QED) is 0.576. The normalized spacial score (nSPS) is 20.3. The van der Waals surface area contributed by atoms with Gasteiger partial charge in [-0.25, -0.2) is 9.18 Å². The average molecular weight is 433 g/mol. The Kier molecular flexibility index (Phi) is 5.42. The molecule has 1 aliphatic rings. The molecule has 0 bridgehead atoms. The molecular weight excluding hydrogens is 409 g/mol. The number of H-pyrrole nitrogens is 1. The van der Waals surface area contributed by atoms with Crippen molar-refractivity contribution in [1.29, 1.82) is 0 Å². The highest BCUT2D eigenvalue weighted by Gasteiger charge is 2.47. The van der Waals surface area contributed by atoms with Crippen molar-refractivity contribution in [2.75, 3.05) is 5.32 Å². The molecule has 1 heterocycles. The second-order valence-corrected chi connectivity index (χ2v) is 8.79. The summed E-state index contributed by atoms with van der Waals surface area (Å²) < 4.78 is 21.2. The van der Waals surface area contributed by atoms with Crippen molar-refractivity contribution < 1.29 is 18.7 Å². The van der Waals surface area contributed by atoms with E-state index in [1.807, 2.05) is 12.1 Å². The van der Waals surface area contributed by atoms with Gasteiger partial charge in [0.05, 0.1) is 17.3 Å². The van der Waals surface area contributed by atoms with E-state index < -0.39 is 23.6 Å². The number of halogens is 1. The van der Waals surface area contributed by atoms with Crippen LogP contribution in [0.15, 0.2) is 73.0 Å². The molecule has 7 heteroatoms. The van der Waals surface area contributed by atoms with Crippen molar-refractivity contribution in [3.05, 3.63) is 84.1 Å². The van der Waals surface area contributed by atoms with Crippen molar-refractivity contribution >= 4 is 28.5 Å². The first-order valence-electron chi connectivity index (χ1n) is 10.3. The Labute approximate surface area is 185 Å². The first kappa shape index (κ1) is 21.5. The Balaban J connectivity index is 1.51. The molecule has 0 aliphatic heterocycles. The minimum Gasteiger partial charge on any atom is -0.450 e. The number of aromatic nitrogens is 2. The number of anilines is 1. The molecule has 1 aliphatic carbocycles. The monoisotopic (exact) mass is 433 g/mol. The van der Waals surface area contributed by atoms with Crippen LogP contribution in [0.1, 0.15) is 36.7 Å². The van der Waals surface area contributed by atoms with Gasteiger partial charge >= 0.3 is 5.97 Å². The molecule has 4 rings (SSSR count). The van der Waals surface area contributed by atoms with E-state index in [9.17, 15) is 9.59 Å². The van der Waals surface area contributed by atoms with Gasteiger partial charge in [0, 0.05) is 11.1 Å². The summed E-state index contributed by atoms with van der Waals surface area (Å²) in [5.41, 5.74) is -0.175. The van der Waals surface area contributed by atoms with Crippen LogP contribution in [0.25, 0.3) is 10.9 Å². The summed E-state index contributed by atoms with van der Waals surface area (Å²) in [6.07, 6.45) is 5.66. The molecule has 2 atom stereocenters. The van der Waals surface area contributed by atoms with E-state index in [1.165, 1.54) is 12.2 Å². The number of alkyl halides is 1. The molecule has 2 unspecified atom stereocenters. The number of nitrogens with zero attached hydrogens (tertiary/aromatic N) is 1. The SMILES string of the molecule is CC(C)(C)c1ccc(C(=O)OC2C=CC=CC2(F)C(=O)Nc2ccc3cn[nH]c3c2)cc1. The van der Waals surface area contributed by atoms with Crippen LogP contribution < -0.4 is 5.32 Å². The second kappa shape index (κ2) is 8.07. The van der Waals surface area contributed by atoms with Crippen molar-refractivity contribution in [3.8, 4) is 0 Å². The van der Waals surface area contributed by atoms with Crippen molar-refractivity contribution in [3.63, 3.8) is 0 Å². The van der Waals surface area contributed by atoms with Gasteiger partial charge in [0.1, 0.15) is 0 Å². The van der Waals surface area contributed by atoms with Crippen LogP contribution in [-0.4, -0.2) is 33.8 Å². The smallest absolute Gasteiger partial charge is 0.338 e. The predicted octanol–water partition coefficient (Wildman–Crippen LogP) is 4.86. The topological polar surface area (TPSA) is 84.1 Å². The van der Waals surface area contributed by atoms with Crippen molar-refractivity contribution in [2.45, 2.75) is 38.0 Å². The Hall–Kier alpha value is -3.74. The van der Waals surface area contributed by atoms with Gasteiger partial charge in [-0.3, -0.25) is 9.89 Å². The zero-order valence-electron chi connectivity index (χ0n) is 18.1.